The standard InChI is InChI=1S/2C12H13Cl2NO2/c2*1-7(16)11-4-5-12(17)15(11)8-2-3-9(13)10(14)6-8/h2*2-3,6-7,11,16H,4-5H2,1H3/t7-,11+;7-,11-/m01/s1. The fourth-order valence-electron chi connectivity index (χ4n) is 4.27. The number of aliphatic hydroxyl groups is 2. The number of halogens is 4. The molecule has 0 aliphatic carbocycles. The average molecular weight is 548 g/mol. The van der Waals surface area contributed by atoms with Crippen LogP contribution in [0.3, 0.4) is 0 Å². The third kappa shape index (κ3) is 5.99. The van der Waals surface area contributed by atoms with Crippen LogP contribution in [0.4, 0.5) is 11.4 Å². The Morgan fingerprint density at radius 2 is 1.06 bits per heavy atom. The van der Waals surface area contributed by atoms with Gasteiger partial charge in [0.05, 0.1) is 44.4 Å². The molecule has 2 fully saturated rings. The van der Waals surface area contributed by atoms with Gasteiger partial charge in [-0.25, -0.2) is 0 Å². The van der Waals surface area contributed by atoms with Gasteiger partial charge in [0.15, 0.2) is 0 Å². The van der Waals surface area contributed by atoms with Crippen molar-refractivity contribution in [1.29, 1.82) is 0 Å². The second-order valence-corrected chi connectivity index (χ2v) is 10.0. The van der Waals surface area contributed by atoms with Crippen molar-refractivity contribution in [2.45, 2.75) is 63.8 Å². The lowest BCUT2D eigenvalue weighted by Gasteiger charge is -2.27. The molecule has 10 heteroatoms. The first-order valence-corrected chi connectivity index (χ1v) is 12.4. The fraction of sp³-hybridized carbons (Fsp3) is 0.417. The zero-order valence-corrected chi connectivity index (χ0v) is 21.7. The van der Waals surface area contributed by atoms with Crippen molar-refractivity contribution in [3.63, 3.8) is 0 Å². The van der Waals surface area contributed by atoms with E-state index in [1.807, 2.05) is 0 Å². The molecule has 6 nitrogen and oxygen atoms in total. The Bertz CT molecular complexity index is 980. The van der Waals surface area contributed by atoms with Gasteiger partial charge in [0.1, 0.15) is 0 Å². The molecule has 4 atom stereocenters. The molecule has 2 heterocycles. The molecular weight excluding hydrogens is 522 g/mol. The van der Waals surface area contributed by atoms with Crippen LogP contribution < -0.4 is 9.80 Å². The molecule has 2 N–H and O–H groups in total. The molecule has 2 amide bonds. The van der Waals surface area contributed by atoms with Crippen LogP contribution in [0.1, 0.15) is 39.5 Å². The van der Waals surface area contributed by atoms with Gasteiger partial charge in [-0.3, -0.25) is 9.59 Å². The summed E-state index contributed by atoms with van der Waals surface area (Å²) in [6.07, 6.45) is 1.12. The highest BCUT2D eigenvalue weighted by Crippen LogP contribution is 2.34. The minimum absolute atomic E-state index is 0.00860. The van der Waals surface area contributed by atoms with Crippen LogP contribution in [0.2, 0.25) is 20.1 Å². The molecule has 0 spiro atoms. The number of carbonyl (C=O) groups excluding carboxylic acids is 2. The number of nitrogens with zero attached hydrogens (tertiary/aromatic N) is 2. The Hall–Kier alpha value is -1.54. The van der Waals surface area contributed by atoms with Gasteiger partial charge in [-0.2, -0.15) is 0 Å². The second kappa shape index (κ2) is 11.5. The molecule has 0 aromatic heterocycles. The van der Waals surface area contributed by atoms with Crippen LogP contribution >= 0.6 is 46.4 Å². The first-order valence-electron chi connectivity index (χ1n) is 10.9. The lowest BCUT2D eigenvalue weighted by Crippen LogP contribution is -2.39. The van der Waals surface area contributed by atoms with Crippen LogP contribution in [-0.2, 0) is 9.59 Å². The Morgan fingerprint density at radius 1 is 0.706 bits per heavy atom. The number of amides is 2. The van der Waals surface area contributed by atoms with E-state index in [2.05, 4.69) is 0 Å². The molecular formula is C24H26Cl4N2O4. The van der Waals surface area contributed by atoms with E-state index >= 15 is 0 Å². The molecule has 184 valence electrons. The third-order valence-corrected chi connectivity index (χ3v) is 7.46. The van der Waals surface area contributed by atoms with Crippen LogP contribution in [0, 0.1) is 0 Å². The highest BCUT2D eigenvalue weighted by atomic mass is 35.5. The first-order chi connectivity index (χ1) is 16.0. The quantitative estimate of drug-likeness (QED) is 0.511. The number of carbonyl (C=O) groups is 2. The average Bonchev–Trinajstić information content (AvgIpc) is 3.35. The van der Waals surface area contributed by atoms with Crippen molar-refractivity contribution in [2.24, 2.45) is 0 Å². The lowest BCUT2D eigenvalue weighted by molar-refractivity contribution is -0.118. The van der Waals surface area contributed by atoms with Gasteiger partial charge in [0, 0.05) is 24.2 Å². The molecule has 34 heavy (non-hydrogen) atoms. The van der Waals surface area contributed by atoms with E-state index in [0.717, 1.165) is 0 Å². The van der Waals surface area contributed by atoms with Gasteiger partial charge in [0.2, 0.25) is 11.8 Å². The number of anilines is 2. The summed E-state index contributed by atoms with van der Waals surface area (Å²) in [5.41, 5.74) is 1.38. The summed E-state index contributed by atoms with van der Waals surface area (Å²) >= 11 is 23.5. The van der Waals surface area contributed by atoms with Crippen LogP contribution in [0.15, 0.2) is 36.4 Å². The zero-order valence-electron chi connectivity index (χ0n) is 18.7. The molecule has 0 radical (unpaired) electrons. The molecule has 0 unspecified atom stereocenters. The second-order valence-electron chi connectivity index (χ2n) is 8.42. The molecule has 2 saturated heterocycles. The highest BCUT2D eigenvalue weighted by molar-refractivity contribution is 6.42. The Balaban J connectivity index is 0.000000191. The van der Waals surface area contributed by atoms with E-state index in [4.69, 9.17) is 46.4 Å². The molecule has 2 aliphatic rings. The van der Waals surface area contributed by atoms with E-state index in [1.54, 1.807) is 60.0 Å². The first kappa shape index (κ1) is 27.1. The van der Waals surface area contributed by atoms with Crippen molar-refractivity contribution in [2.75, 3.05) is 9.80 Å². The van der Waals surface area contributed by atoms with E-state index < -0.39 is 12.2 Å². The highest BCUT2D eigenvalue weighted by Gasteiger charge is 2.36. The zero-order chi connectivity index (χ0) is 25.2. The number of hydrogen-bond acceptors (Lipinski definition) is 4. The van der Waals surface area contributed by atoms with E-state index in [9.17, 15) is 19.8 Å². The van der Waals surface area contributed by atoms with Crippen LogP contribution in [-0.4, -0.2) is 46.3 Å². The maximum absolute atomic E-state index is 11.8. The minimum atomic E-state index is -0.559. The van der Waals surface area contributed by atoms with Gasteiger partial charge >= 0.3 is 0 Å². The van der Waals surface area contributed by atoms with Crippen molar-refractivity contribution in [1.82, 2.24) is 0 Å². The Labute approximate surface area is 219 Å². The number of rotatable bonds is 4. The van der Waals surface area contributed by atoms with Gasteiger partial charge < -0.3 is 20.0 Å². The maximum Gasteiger partial charge on any atom is 0.227 e. The predicted octanol–water partition coefficient (Wildman–Crippen LogP) is 5.74. The summed E-state index contributed by atoms with van der Waals surface area (Å²) in [5.74, 6) is 0.0172. The Morgan fingerprint density at radius 3 is 1.35 bits per heavy atom. The summed E-state index contributed by atoms with van der Waals surface area (Å²) in [7, 11) is 0. The van der Waals surface area contributed by atoms with E-state index in [1.165, 1.54) is 0 Å². The summed E-state index contributed by atoms with van der Waals surface area (Å²) in [4.78, 5) is 26.9. The fourth-order valence-corrected chi connectivity index (χ4v) is 4.85. The van der Waals surface area contributed by atoms with Gasteiger partial charge in [0.25, 0.3) is 0 Å². The predicted molar refractivity (Wildman–Crippen MR) is 137 cm³/mol. The Kier molecular flexibility index (Phi) is 9.12. The molecule has 2 aromatic carbocycles. The van der Waals surface area contributed by atoms with Crippen LogP contribution in [0.25, 0.3) is 0 Å². The van der Waals surface area contributed by atoms with Gasteiger partial charge in [-0.05, 0) is 63.1 Å². The smallest absolute Gasteiger partial charge is 0.227 e. The number of benzene rings is 2. The van der Waals surface area contributed by atoms with E-state index in [-0.39, 0.29) is 23.9 Å². The molecule has 0 bridgehead atoms. The SMILES string of the molecule is C[C@@H](O)[C@H]1CCC(=O)N1c1ccc(Cl)c(Cl)c1.C[C@H](O)[C@H]1CCC(=O)N1c1ccc(Cl)c(Cl)c1. The topological polar surface area (TPSA) is 81.1 Å². The monoisotopic (exact) mass is 546 g/mol. The molecule has 0 saturated carbocycles. The lowest BCUT2D eigenvalue weighted by atomic mass is 10.1. The van der Waals surface area contributed by atoms with Crippen molar-refractivity contribution < 1.29 is 19.8 Å². The van der Waals surface area contributed by atoms with Gasteiger partial charge in [-0.1, -0.05) is 46.4 Å². The number of aliphatic hydroxyl groups excluding tert-OH is 2. The molecule has 2 aromatic rings. The third-order valence-electron chi connectivity index (χ3n) is 5.99. The summed E-state index contributed by atoms with van der Waals surface area (Å²) < 4.78 is 0. The van der Waals surface area contributed by atoms with E-state index in [0.29, 0.717) is 57.1 Å². The van der Waals surface area contributed by atoms with Gasteiger partial charge in [-0.15, -0.1) is 0 Å². The molecule has 2 aliphatic heterocycles. The van der Waals surface area contributed by atoms with Crippen molar-refractivity contribution >= 4 is 69.6 Å². The summed E-state index contributed by atoms with van der Waals surface area (Å²) in [6.45, 7) is 3.38. The maximum atomic E-state index is 11.8. The largest absolute Gasteiger partial charge is 0.391 e. The molecule has 4 rings (SSSR count). The van der Waals surface area contributed by atoms with Crippen LogP contribution in [0.5, 0.6) is 0 Å². The van der Waals surface area contributed by atoms with Crippen molar-refractivity contribution in [3.05, 3.63) is 56.5 Å². The summed E-state index contributed by atoms with van der Waals surface area (Å²) in [6, 6.07) is 9.75. The number of hydrogen-bond donors (Lipinski definition) is 2. The summed E-state index contributed by atoms with van der Waals surface area (Å²) in [5, 5.41) is 21.1. The van der Waals surface area contributed by atoms with Crippen molar-refractivity contribution in [3.8, 4) is 0 Å². The minimum Gasteiger partial charge on any atom is -0.391 e. The normalized spacial score (nSPS) is 22.0.